The lowest BCUT2D eigenvalue weighted by Crippen LogP contribution is -2.09. The molecule has 0 saturated heterocycles. The van der Waals surface area contributed by atoms with Gasteiger partial charge in [0.2, 0.25) is 6.29 Å². The molecule has 1 unspecified atom stereocenters. The number of cyclic esters (lactones) is 1. The molecule has 15 heavy (non-hydrogen) atoms. The van der Waals surface area contributed by atoms with Crippen molar-refractivity contribution in [3.63, 3.8) is 0 Å². The van der Waals surface area contributed by atoms with E-state index < -0.39 is 12.3 Å². The summed E-state index contributed by atoms with van der Waals surface area (Å²) in [6, 6.07) is 6.23. The standard InChI is InChI=1S/C11H10O4/c1-6-9(11(14)15-10(6)13)7-2-4-8(12)5-3-7/h2-5,11-12,14H,1H3. The largest absolute Gasteiger partial charge is 0.508 e. The van der Waals surface area contributed by atoms with E-state index in [0.717, 1.165) is 0 Å². The lowest BCUT2D eigenvalue weighted by molar-refractivity contribution is -0.150. The number of benzene rings is 1. The van der Waals surface area contributed by atoms with Crippen LogP contribution in [0, 0.1) is 0 Å². The van der Waals surface area contributed by atoms with Crippen LogP contribution < -0.4 is 0 Å². The Morgan fingerprint density at radius 3 is 2.33 bits per heavy atom. The van der Waals surface area contributed by atoms with E-state index in [0.29, 0.717) is 16.7 Å². The van der Waals surface area contributed by atoms with Crippen molar-refractivity contribution in [3.05, 3.63) is 35.4 Å². The number of aromatic hydroxyl groups is 1. The molecule has 0 saturated carbocycles. The van der Waals surface area contributed by atoms with E-state index >= 15 is 0 Å². The lowest BCUT2D eigenvalue weighted by Gasteiger charge is -2.07. The highest BCUT2D eigenvalue weighted by Gasteiger charge is 2.30. The van der Waals surface area contributed by atoms with Crippen molar-refractivity contribution in [2.75, 3.05) is 0 Å². The van der Waals surface area contributed by atoms with Gasteiger partial charge < -0.3 is 14.9 Å². The summed E-state index contributed by atoms with van der Waals surface area (Å²) < 4.78 is 4.65. The minimum absolute atomic E-state index is 0.136. The van der Waals surface area contributed by atoms with Crippen LogP contribution in [0.3, 0.4) is 0 Å². The number of aliphatic hydroxyl groups excluding tert-OH is 1. The van der Waals surface area contributed by atoms with E-state index in [1.807, 2.05) is 0 Å². The summed E-state index contributed by atoms with van der Waals surface area (Å²) in [6.45, 7) is 1.60. The maximum atomic E-state index is 11.1. The van der Waals surface area contributed by atoms with Gasteiger partial charge >= 0.3 is 5.97 Å². The number of carbonyl (C=O) groups is 1. The second-order valence-corrected chi connectivity index (χ2v) is 3.34. The normalized spacial score (nSPS) is 20.7. The van der Waals surface area contributed by atoms with E-state index in [2.05, 4.69) is 4.74 Å². The Hall–Kier alpha value is -1.81. The third-order valence-corrected chi connectivity index (χ3v) is 2.35. The zero-order valence-corrected chi connectivity index (χ0v) is 8.10. The van der Waals surface area contributed by atoms with Crippen LogP contribution in [0.2, 0.25) is 0 Å². The molecule has 1 aromatic rings. The van der Waals surface area contributed by atoms with Gasteiger partial charge in [-0.3, -0.25) is 0 Å². The third-order valence-electron chi connectivity index (χ3n) is 2.35. The highest BCUT2D eigenvalue weighted by atomic mass is 16.6. The SMILES string of the molecule is CC1=C(c2ccc(O)cc2)C(O)OC1=O. The van der Waals surface area contributed by atoms with Crippen LogP contribution in [0.15, 0.2) is 29.8 Å². The van der Waals surface area contributed by atoms with Crippen molar-refractivity contribution < 1.29 is 19.7 Å². The quantitative estimate of drug-likeness (QED) is 0.674. The van der Waals surface area contributed by atoms with Crippen molar-refractivity contribution in [1.82, 2.24) is 0 Å². The second kappa shape index (κ2) is 3.40. The van der Waals surface area contributed by atoms with Crippen molar-refractivity contribution >= 4 is 11.5 Å². The van der Waals surface area contributed by atoms with Crippen molar-refractivity contribution in [1.29, 1.82) is 0 Å². The molecule has 1 heterocycles. The van der Waals surface area contributed by atoms with Crippen LogP contribution in [0.25, 0.3) is 5.57 Å². The summed E-state index contributed by atoms with van der Waals surface area (Å²) in [6.07, 6.45) is -1.21. The van der Waals surface area contributed by atoms with E-state index in [1.165, 1.54) is 12.1 Å². The molecule has 1 atom stereocenters. The summed E-state index contributed by atoms with van der Waals surface area (Å²) in [7, 11) is 0. The first-order valence-electron chi connectivity index (χ1n) is 4.49. The molecular weight excluding hydrogens is 196 g/mol. The van der Waals surface area contributed by atoms with Crippen molar-refractivity contribution in [2.45, 2.75) is 13.2 Å². The van der Waals surface area contributed by atoms with Crippen LogP contribution in [0.4, 0.5) is 0 Å². The zero-order valence-electron chi connectivity index (χ0n) is 8.10. The molecule has 2 N–H and O–H groups in total. The van der Waals surface area contributed by atoms with Gasteiger partial charge in [0, 0.05) is 11.1 Å². The Morgan fingerprint density at radius 1 is 1.27 bits per heavy atom. The average Bonchev–Trinajstić information content (AvgIpc) is 2.44. The topological polar surface area (TPSA) is 66.8 Å². The molecule has 1 aromatic carbocycles. The zero-order chi connectivity index (χ0) is 11.0. The van der Waals surface area contributed by atoms with Gasteiger partial charge in [-0.2, -0.15) is 0 Å². The van der Waals surface area contributed by atoms with E-state index in [4.69, 9.17) is 5.11 Å². The first kappa shape index (κ1) is 9.73. The number of phenolic OH excluding ortho intramolecular Hbond substituents is 1. The minimum Gasteiger partial charge on any atom is -0.508 e. The molecule has 2 rings (SSSR count). The Labute approximate surface area is 86.4 Å². The molecule has 0 fully saturated rings. The number of ether oxygens (including phenoxy) is 1. The summed E-state index contributed by atoms with van der Waals surface area (Å²) in [5, 5.41) is 18.6. The Bertz CT molecular complexity index is 430. The molecule has 0 amide bonds. The summed E-state index contributed by atoms with van der Waals surface area (Å²) in [5.74, 6) is -0.373. The smallest absolute Gasteiger partial charge is 0.336 e. The number of carbonyl (C=O) groups excluding carboxylic acids is 1. The lowest BCUT2D eigenvalue weighted by atomic mass is 10.0. The summed E-state index contributed by atoms with van der Waals surface area (Å²) >= 11 is 0. The molecule has 0 spiro atoms. The van der Waals surface area contributed by atoms with Crippen LogP contribution in [0.1, 0.15) is 12.5 Å². The maximum absolute atomic E-state index is 11.1. The summed E-state index contributed by atoms with van der Waals surface area (Å²) in [4.78, 5) is 11.1. The molecule has 1 aliphatic rings. The number of esters is 1. The third kappa shape index (κ3) is 1.59. The number of hydrogen-bond donors (Lipinski definition) is 2. The Morgan fingerprint density at radius 2 is 1.87 bits per heavy atom. The van der Waals surface area contributed by atoms with E-state index in [1.54, 1.807) is 19.1 Å². The Balaban J connectivity index is 2.47. The molecule has 4 nitrogen and oxygen atoms in total. The number of hydrogen-bond acceptors (Lipinski definition) is 4. The maximum Gasteiger partial charge on any atom is 0.336 e. The molecular formula is C11H10O4. The van der Waals surface area contributed by atoms with E-state index in [9.17, 15) is 9.90 Å². The van der Waals surface area contributed by atoms with Crippen molar-refractivity contribution in [3.8, 4) is 5.75 Å². The molecule has 0 bridgehead atoms. The number of rotatable bonds is 1. The van der Waals surface area contributed by atoms with Crippen molar-refractivity contribution in [2.24, 2.45) is 0 Å². The molecule has 4 heteroatoms. The molecule has 0 aliphatic carbocycles. The van der Waals surface area contributed by atoms with Gasteiger partial charge in [0.05, 0.1) is 0 Å². The second-order valence-electron chi connectivity index (χ2n) is 3.34. The monoisotopic (exact) mass is 206 g/mol. The van der Waals surface area contributed by atoms with Gasteiger partial charge in [-0.05, 0) is 24.6 Å². The summed E-state index contributed by atoms with van der Waals surface area (Å²) in [5.41, 5.74) is 1.52. The first-order valence-corrected chi connectivity index (χ1v) is 4.49. The van der Waals surface area contributed by atoms with Gasteiger partial charge in [-0.15, -0.1) is 0 Å². The van der Waals surface area contributed by atoms with Gasteiger partial charge in [-0.25, -0.2) is 4.79 Å². The van der Waals surface area contributed by atoms with Gasteiger partial charge in [0.1, 0.15) is 5.75 Å². The van der Waals surface area contributed by atoms with Crippen LogP contribution in [-0.4, -0.2) is 22.5 Å². The highest BCUT2D eigenvalue weighted by Crippen LogP contribution is 2.30. The molecule has 0 aromatic heterocycles. The molecule has 0 radical (unpaired) electrons. The minimum atomic E-state index is -1.21. The predicted molar refractivity (Wildman–Crippen MR) is 52.8 cm³/mol. The Kier molecular flexibility index (Phi) is 2.21. The van der Waals surface area contributed by atoms with Gasteiger partial charge in [-0.1, -0.05) is 12.1 Å². The fourth-order valence-electron chi connectivity index (χ4n) is 1.54. The van der Waals surface area contributed by atoms with E-state index in [-0.39, 0.29) is 5.75 Å². The fourth-order valence-corrected chi connectivity index (χ4v) is 1.54. The van der Waals surface area contributed by atoms with Crippen LogP contribution in [-0.2, 0) is 9.53 Å². The van der Waals surface area contributed by atoms with Gasteiger partial charge in [0.25, 0.3) is 0 Å². The van der Waals surface area contributed by atoms with Crippen LogP contribution >= 0.6 is 0 Å². The average molecular weight is 206 g/mol. The predicted octanol–water partition coefficient (Wildman–Crippen LogP) is 1.04. The fraction of sp³-hybridized carbons (Fsp3) is 0.182. The number of phenols is 1. The molecule has 1 aliphatic heterocycles. The molecule has 78 valence electrons. The first-order chi connectivity index (χ1) is 7.09. The van der Waals surface area contributed by atoms with Gasteiger partial charge in [0.15, 0.2) is 0 Å². The highest BCUT2D eigenvalue weighted by molar-refractivity contribution is 6.01. The number of aliphatic hydroxyl groups is 1. The van der Waals surface area contributed by atoms with Crippen LogP contribution in [0.5, 0.6) is 5.75 Å².